The van der Waals surface area contributed by atoms with Crippen LogP contribution in [-0.4, -0.2) is 10.1 Å². The average Bonchev–Trinajstić information content (AvgIpc) is 2.30. The van der Waals surface area contributed by atoms with Crippen LogP contribution in [0.2, 0.25) is 0 Å². The van der Waals surface area contributed by atoms with Crippen LogP contribution < -0.4 is 0 Å². The molecule has 2 nitrogen and oxygen atoms in total. The van der Waals surface area contributed by atoms with Crippen LogP contribution >= 0.6 is 0 Å². The Balaban J connectivity index is 2.53. The molecule has 0 saturated carbocycles. The predicted molar refractivity (Wildman–Crippen MR) is 55.6 cm³/mol. The molecule has 1 heterocycles. The lowest BCUT2D eigenvalue weighted by molar-refractivity contribution is 0.275. The molecule has 1 N–H and O–H groups in total. The number of aliphatic hydroxyl groups excluding tert-OH is 1. The number of nitrogens with zero attached hydrogens (tertiary/aromatic N) is 1. The van der Waals surface area contributed by atoms with Crippen molar-refractivity contribution < 1.29 is 9.50 Å². The molecule has 0 amide bonds. The van der Waals surface area contributed by atoms with Crippen LogP contribution in [0.4, 0.5) is 4.39 Å². The molecular weight excluding hydrogens is 193 g/mol. The topological polar surface area (TPSA) is 33.1 Å². The highest BCUT2D eigenvalue weighted by atomic mass is 19.1. The van der Waals surface area contributed by atoms with E-state index < -0.39 is 5.95 Å². The zero-order chi connectivity index (χ0) is 10.7. The lowest BCUT2D eigenvalue weighted by Crippen LogP contribution is -1.96. The molecule has 3 heteroatoms. The molecule has 76 valence electrons. The normalized spacial score (nSPS) is 10.3. The van der Waals surface area contributed by atoms with Gasteiger partial charge in [0.25, 0.3) is 0 Å². The Kier molecular flexibility index (Phi) is 2.74. The summed E-state index contributed by atoms with van der Waals surface area (Å²) < 4.78 is 12.8. The Morgan fingerprint density at radius 3 is 2.47 bits per heavy atom. The van der Waals surface area contributed by atoms with Crippen molar-refractivity contribution in [1.82, 2.24) is 4.98 Å². The monoisotopic (exact) mass is 203 g/mol. The maximum absolute atomic E-state index is 12.8. The molecule has 0 radical (unpaired) electrons. The molecule has 1 aromatic carbocycles. The van der Waals surface area contributed by atoms with E-state index in [-0.39, 0.29) is 6.61 Å². The van der Waals surface area contributed by atoms with Crippen LogP contribution in [0.15, 0.2) is 42.5 Å². The number of aliphatic hydroxyl groups is 1. The standard InChI is InChI=1S/C12H10FNO/c13-12-7-6-10(11(8-15)14-12)9-4-2-1-3-5-9/h1-7,15H,8H2. The third-order valence-electron chi connectivity index (χ3n) is 2.17. The molecule has 0 aliphatic heterocycles. The number of halogens is 1. The van der Waals surface area contributed by atoms with Gasteiger partial charge >= 0.3 is 0 Å². The first-order valence-corrected chi connectivity index (χ1v) is 4.63. The van der Waals surface area contributed by atoms with Gasteiger partial charge in [0.05, 0.1) is 12.3 Å². The molecule has 0 aliphatic carbocycles. The van der Waals surface area contributed by atoms with E-state index in [1.54, 1.807) is 6.07 Å². The highest BCUT2D eigenvalue weighted by molar-refractivity contribution is 5.65. The van der Waals surface area contributed by atoms with Gasteiger partial charge in [0.2, 0.25) is 5.95 Å². The van der Waals surface area contributed by atoms with Crippen molar-refractivity contribution in [2.24, 2.45) is 0 Å². The van der Waals surface area contributed by atoms with Crippen molar-refractivity contribution >= 4 is 0 Å². The van der Waals surface area contributed by atoms with Gasteiger partial charge in [0.15, 0.2) is 0 Å². The fourth-order valence-electron chi connectivity index (χ4n) is 1.48. The molecular formula is C12H10FNO. The third kappa shape index (κ3) is 2.02. The van der Waals surface area contributed by atoms with Gasteiger partial charge in [0, 0.05) is 5.56 Å². The third-order valence-corrected chi connectivity index (χ3v) is 2.17. The average molecular weight is 203 g/mol. The zero-order valence-corrected chi connectivity index (χ0v) is 8.02. The van der Waals surface area contributed by atoms with E-state index in [0.29, 0.717) is 5.69 Å². The van der Waals surface area contributed by atoms with Crippen LogP contribution in [0.1, 0.15) is 5.69 Å². The van der Waals surface area contributed by atoms with Gasteiger partial charge in [-0.05, 0) is 17.7 Å². The van der Waals surface area contributed by atoms with Gasteiger partial charge in [-0.2, -0.15) is 4.39 Å². The smallest absolute Gasteiger partial charge is 0.213 e. The van der Waals surface area contributed by atoms with E-state index in [0.717, 1.165) is 11.1 Å². The Morgan fingerprint density at radius 1 is 1.07 bits per heavy atom. The summed E-state index contributed by atoms with van der Waals surface area (Å²) in [6, 6.07) is 12.4. The van der Waals surface area contributed by atoms with Crippen LogP contribution in [0, 0.1) is 5.95 Å². The van der Waals surface area contributed by atoms with E-state index in [2.05, 4.69) is 4.98 Å². The van der Waals surface area contributed by atoms with Crippen LogP contribution in [0.3, 0.4) is 0 Å². The van der Waals surface area contributed by atoms with Crippen molar-refractivity contribution in [2.45, 2.75) is 6.61 Å². The largest absolute Gasteiger partial charge is 0.390 e. The summed E-state index contributed by atoms with van der Waals surface area (Å²) in [7, 11) is 0. The highest BCUT2D eigenvalue weighted by Gasteiger charge is 2.06. The number of hydrogen-bond donors (Lipinski definition) is 1. The Hall–Kier alpha value is -1.74. The minimum absolute atomic E-state index is 0.262. The number of pyridine rings is 1. The van der Waals surface area contributed by atoms with Gasteiger partial charge in [-0.25, -0.2) is 4.98 Å². The van der Waals surface area contributed by atoms with E-state index in [4.69, 9.17) is 5.11 Å². The fourth-order valence-corrected chi connectivity index (χ4v) is 1.48. The first-order chi connectivity index (χ1) is 7.31. The molecule has 0 aliphatic rings. The van der Waals surface area contributed by atoms with E-state index >= 15 is 0 Å². The predicted octanol–water partition coefficient (Wildman–Crippen LogP) is 2.38. The van der Waals surface area contributed by atoms with Crippen molar-refractivity contribution in [3.05, 3.63) is 54.1 Å². The van der Waals surface area contributed by atoms with Crippen molar-refractivity contribution in [2.75, 3.05) is 0 Å². The maximum atomic E-state index is 12.8. The van der Waals surface area contributed by atoms with Crippen LogP contribution in [-0.2, 0) is 6.61 Å². The van der Waals surface area contributed by atoms with Gasteiger partial charge in [-0.1, -0.05) is 30.3 Å². The molecule has 0 unspecified atom stereocenters. The fraction of sp³-hybridized carbons (Fsp3) is 0.0833. The summed E-state index contributed by atoms with van der Waals surface area (Å²) in [6.07, 6.45) is 0. The summed E-state index contributed by atoms with van der Waals surface area (Å²) in [5.74, 6) is -0.571. The summed E-state index contributed by atoms with van der Waals surface area (Å²) in [6.45, 7) is -0.262. The summed E-state index contributed by atoms with van der Waals surface area (Å²) in [5, 5.41) is 9.08. The molecule has 0 fully saturated rings. The van der Waals surface area contributed by atoms with E-state index in [9.17, 15) is 4.39 Å². The van der Waals surface area contributed by atoms with Crippen LogP contribution in [0.25, 0.3) is 11.1 Å². The molecule has 2 aromatic rings. The number of benzene rings is 1. The van der Waals surface area contributed by atoms with Gasteiger partial charge < -0.3 is 5.11 Å². The lowest BCUT2D eigenvalue weighted by Gasteiger charge is -2.06. The highest BCUT2D eigenvalue weighted by Crippen LogP contribution is 2.22. The second-order valence-electron chi connectivity index (χ2n) is 3.15. The van der Waals surface area contributed by atoms with Gasteiger partial charge in [-0.15, -0.1) is 0 Å². The quantitative estimate of drug-likeness (QED) is 0.760. The second kappa shape index (κ2) is 4.19. The first kappa shape index (κ1) is 9.80. The SMILES string of the molecule is OCc1nc(F)ccc1-c1ccccc1. The summed E-state index contributed by atoms with van der Waals surface area (Å²) in [5.41, 5.74) is 2.05. The van der Waals surface area contributed by atoms with Gasteiger partial charge in [0.1, 0.15) is 0 Å². The van der Waals surface area contributed by atoms with Crippen molar-refractivity contribution in [1.29, 1.82) is 0 Å². The maximum Gasteiger partial charge on any atom is 0.213 e. The molecule has 0 bridgehead atoms. The molecule has 0 atom stereocenters. The molecule has 15 heavy (non-hydrogen) atoms. The van der Waals surface area contributed by atoms with Gasteiger partial charge in [-0.3, -0.25) is 0 Å². The number of rotatable bonds is 2. The first-order valence-electron chi connectivity index (χ1n) is 4.63. The molecule has 0 saturated heterocycles. The summed E-state index contributed by atoms with van der Waals surface area (Å²) >= 11 is 0. The van der Waals surface area contributed by atoms with Crippen LogP contribution in [0.5, 0.6) is 0 Å². The molecule has 2 rings (SSSR count). The van der Waals surface area contributed by atoms with E-state index in [1.165, 1.54) is 6.07 Å². The minimum Gasteiger partial charge on any atom is -0.390 e. The zero-order valence-electron chi connectivity index (χ0n) is 8.02. The number of hydrogen-bond acceptors (Lipinski definition) is 2. The second-order valence-corrected chi connectivity index (χ2v) is 3.15. The Bertz CT molecular complexity index is 456. The minimum atomic E-state index is -0.571. The molecule has 0 spiro atoms. The summed E-state index contributed by atoms with van der Waals surface area (Å²) in [4.78, 5) is 3.65. The Morgan fingerprint density at radius 2 is 1.80 bits per heavy atom. The van der Waals surface area contributed by atoms with Crippen molar-refractivity contribution in [3.8, 4) is 11.1 Å². The lowest BCUT2D eigenvalue weighted by atomic mass is 10.0. The molecule has 1 aromatic heterocycles. The van der Waals surface area contributed by atoms with Crippen molar-refractivity contribution in [3.63, 3.8) is 0 Å². The number of aromatic nitrogens is 1. The van der Waals surface area contributed by atoms with E-state index in [1.807, 2.05) is 30.3 Å². The Labute approximate surface area is 87.0 Å².